The van der Waals surface area contributed by atoms with Gasteiger partial charge in [-0.05, 0) is 62.2 Å². The average molecular weight is 476 g/mol. The van der Waals surface area contributed by atoms with E-state index in [4.69, 9.17) is 9.47 Å². The van der Waals surface area contributed by atoms with Crippen LogP contribution in [0.4, 0.5) is 0 Å². The van der Waals surface area contributed by atoms with Crippen LogP contribution < -0.4 is 9.47 Å². The molecule has 1 atom stereocenters. The summed E-state index contributed by atoms with van der Waals surface area (Å²) < 4.78 is 12.8. The number of ether oxygens (including phenoxy) is 2. The summed E-state index contributed by atoms with van der Waals surface area (Å²) in [5.74, 6) is -0.224. The van der Waals surface area contributed by atoms with Gasteiger partial charge in [0.25, 0.3) is 11.7 Å². The van der Waals surface area contributed by atoms with E-state index in [0.29, 0.717) is 42.1 Å². The number of ketones is 1. The lowest BCUT2D eigenvalue weighted by Gasteiger charge is -2.25. The van der Waals surface area contributed by atoms with E-state index in [0.717, 1.165) is 0 Å². The summed E-state index contributed by atoms with van der Waals surface area (Å²) in [6.07, 6.45) is 5.89. The Morgan fingerprint density at radius 1 is 1.03 bits per heavy atom. The van der Waals surface area contributed by atoms with Crippen LogP contribution >= 0.6 is 0 Å². The molecule has 3 aromatic rings. The fourth-order valence-electron chi connectivity index (χ4n) is 4.21. The standard InChI is InChI=1S/C27H29N3O5/c1-18(2)35-22-11-7-20(8-12-22)25(31)23-24(19-5-9-21(34-3)10-6-19)30(27(33)26(23)32)15-4-14-29-16-13-28-17-29/h5-13,16-18,24,31H,4,14-15H2,1-3H3/t24-/m1/s1. The summed E-state index contributed by atoms with van der Waals surface area (Å²) in [6, 6.07) is 13.3. The van der Waals surface area contributed by atoms with Gasteiger partial charge in [0.15, 0.2) is 0 Å². The largest absolute Gasteiger partial charge is 0.507 e. The molecule has 0 saturated carbocycles. The molecule has 0 unspecified atom stereocenters. The van der Waals surface area contributed by atoms with Crippen molar-refractivity contribution in [2.24, 2.45) is 0 Å². The fourth-order valence-corrected chi connectivity index (χ4v) is 4.21. The number of aromatic nitrogens is 2. The van der Waals surface area contributed by atoms with Crippen LogP contribution in [0, 0.1) is 0 Å². The molecule has 0 spiro atoms. The van der Waals surface area contributed by atoms with Crippen molar-refractivity contribution in [3.8, 4) is 11.5 Å². The summed E-state index contributed by atoms with van der Waals surface area (Å²) in [5.41, 5.74) is 1.23. The predicted octanol–water partition coefficient (Wildman–Crippen LogP) is 4.19. The molecule has 2 aromatic carbocycles. The van der Waals surface area contributed by atoms with E-state index in [1.54, 1.807) is 56.0 Å². The molecule has 0 bridgehead atoms. The van der Waals surface area contributed by atoms with Gasteiger partial charge in [-0.2, -0.15) is 0 Å². The maximum atomic E-state index is 13.2. The number of imidazole rings is 1. The number of carbonyl (C=O) groups is 2. The minimum atomic E-state index is -0.713. The summed E-state index contributed by atoms with van der Waals surface area (Å²) in [7, 11) is 1.57. The molecule has 0 radical (unpaired) electrons. The van der Waals surface area contributed by atoms with Crippen LogP contribution in [0.3, 0.4) is 0 Å². The van der Waals surface area contributed by atoms with E-state index >= 15 is 0 Å². The van der Waals surface area contributed by atoms with E-state index in [2.05, 4.69) is 4.98 Å². The van der Waals surface area contributed by atoms with Gasteiger partial charge in [-0.25, -0.2) is 4.98 Å². The van der Waals surface area contributed by atoms with E-state index < -0.39 is 17.7 Å². The second kappa shape index (κ2) is 10.5. The molecule has 8 heteroatoms. The third-order valence-electron chi connectivity index (χ3n) is 5.85. The smallest absolute Gasteiger partial charge is 0.295 e. The first-order valence-corrected chi connectivity index (χ1v) is 11.5. The molecule has 182 valence electrons. The monoisotopic (exact) mass is 475 g/mol. The molecule has 1 aromatic heterocycles. The lowest BCUT2D eigenvalue weighted by Crippen LogP contribution is -2.31. The van der Waals surface area contributed by atoms with Gasteiger partial charge in [0.2, 0.25) is 0 Å². The summed E-state index contributed by atoms with van der Waals surface area (Å²) in [4.78, 5) is 31.8. The quantitative estimate of drug-likeness (QED) is 0.283. The van der Waals surface area contributed by atoms with Crippen LogP contribution in [-0.2, 0) is 16.1 Å². The maximum absolute atomic E-state index is 13.2. The normalized spacial score (nSPS) is 17.3. The molecule has 8 nitrogen and oxygen atoms in total. The molecule has 1 fully saturated rings. The Kier molecular flexibility index (Phi) is 7.19. The first-order valence-electron chi connectivity index (χ1n) is 11.5. The molecular weight excluding hydrogens is 446 g/mol. The number of aryl methyl sites for hydroxylation is 1. The summed E-state index contributed by atoms with van der Waals surface area (Å²) >= 11 is 0. The topological polar surface area (TPSA) is 93.9 Å². The van der Waals surface area contributed by atoms with Crippen molar-refractivity contribution in [2.45, 2.75) is 39.0 Å². The molecular formula is C27H29N3O5. The number of hydrogen-bond donors (Lipinski definition) is 1. The number of hydrogen-bond acceptors (Lipinski definition) is 6. The summed E-state index contributed by atoms with van der Waals surface area (Å²) in [5, 5.41) is 11.2. The first kappa shape index (κ1) is 24.1. The lowest BCUT2D eigenvalue weighted by molar-refractivity contribution is -0.139. The Morgan fingerprint density at radius 2 is 1.71 bits per heavy atom. The number of nitrogens with zero attached hydrogens (tertiary/aromatic N) is 3. The SMILES string of the molecule is COc1ccc([C@@H]2C(=C(O)c3ccc(OC(C)C)cc3)C(=O)C(=O)N2CCCn2ccnc2)cc1. The zero-order valence-electron chi connectivity index (χ0n) is 20.0. The van der Waals surface area contributed by atoms with E-state index in [9.17, 15) is 14.7 Å². The maximum Gasteiger partial charge on any atom is 0.295 e. The number of carbonyl (C=O) groups excluding carboxylic acids is 2. The predicted molar refractivity (Wildman–Crippen MR) is 131 cm³/mol. The first-order chi connectivity index (χ1) is 16.9. The highest BCUT2D eigenvalue weighted by Crippen LogP contribution is 2.40. The van der Waals surface area contributed by atoms with E-state index in [-0.39, 0.29) is 17.4 Å². The number of Topliss-reactive ketones (excluding diaryl/α,β-unsaturated/α-hetero) is 1. The lowest BCUT2D eigenvalue weighted by atomic mass is 9.95. The number of aliphatic hydroxyl groups excluding tert-OH is 1. The van der Waals surface area contributed by atoms with Crippen molar-refractivity contribution in [1.29, 1.82) is 0 Å². The fraction of sp³-hybridized carbons (Fsp3) is 0.296. The number of likely N-dealkylation sites (tertiary alicyclic amines) is 1. The van der Waals surface area contributed by atoms with Gasteiger partial charge in [0.1, 0.15) is 17.3 Å². The molecule has 4 rings (SSSR count). The molecule has 1 saturated heterocycles. The molecule has 1 aliphatic rings. The highest BCUT2D eigenvalue weighted by Gasteiger charge is 2.45. The second-order valence-electron chi connectivity index (χ2n) is 8.61. The van der Waals surface area contributed by atoms with Crippen molar-refractivity contribution in [2.75, 3.05) is 13.7 Å². The highest BCUT2D eigenvalue weighted by molar-refractivity contribution is 6.46. The molecule has 35 heavy (non-hydrogen) atoms. The Morgan fingerprint density at radius 3 is 2.31 bits per heavy atom. The number of amides is 1. The molecule has 1 amide bonds. The Hall–Kier alpha value is -4.07. The van der Waals surface area contributed by atoms with E-state index in [1.807, 2.05) is 36.7 Å². The van der Waals surface area contributed by atoms with Gasteiger partial charge in [-0.15, -0.1) is 0 Å². The Bertz CT molecular complexity index is 1200. The highest BCUT2D eigenvalue weighted by atomic mass is 16.5. The van der Waals surface area contributed by atoms with Gasteiger partial charge >= 0.3 is 0 Å². The van der Waals surface area contributed by atoms with Crippen LogP contribution in [0.25, 0.3) is 5.76 Å². The zero-order chi connectivity index (χ0) is 24.9. The van der Waals surface area contributed by atoms with Crippen molar-refractivity contribution < 1.29 is 24.2 Å². The van der Waals surface area contributed by atoms with Crippen LogP contribution in [0.2, 0.25) is 0 Å². The van der Waals surface area contributed by atoms with Crippen molar-refractivity contribution >= 4 is 17.4 Å². The van der Waals surface area contributed by atoms with Crippen molar-refractivity contribution in [3.63, 3.8) is 0 Å². The number of rotatable bonds is 9. The minimum Gasteiger partial charge on any atom is -0.507 e. The zero-order valence-corrected chi connectivity index (χ0v) is 20.0. The van der Waals surface area contributed by atoms with Crippen molar-refractivity contribution in [3.05, 3.63) is 84.0 Å². The Labute approximate surface area is 204 Å². The van der Waals surface area contributed by atoms with Gasteiger partial charge in [-0.3, -0.25) is 9.59 Å². The Balaban J connectivity index is 1.69. The van der Waals surface area contributed by atoms with Gasteiger partial charge in [0, 0.05) is 31.0 Å². The molecule has 1 N–H and O–H groups in total. The second-order valence-corrected chi connectivity index (χ2v) is 8.61. The average Bonchev–Trinajstić information content (AvgIpc) is 3.46. The van der Waals surface area contributed by atoms with Gasteiger partial charge in [-0.1, -0.05) is 12.1 Å². The third-order valence-corrected chi connectivity index (χ3v) is 5.85. The van der Waals surface area contributed by atoms with Crippen molar-refractivity contribution in [1.82, 2.24) is 14.5 Å². The van der Waals surface area contributed by atoms with E-state index in [1.165, 1.54) is 4.90 Å². The van der Waals surface area contributed by atoms with Gasteiger partial charge in [0.05, 0.1) is 31.2 Å². The van der Waals surface area contributed by atoms with Crippen LogP contribution in [0.1, 0.15) is 37.4 Å². The molecule has 2 heterocycles. The molecule has 0 aliphatic carbocycles. The molecule has 1 aliphatic heterocycles. The number of aliphatic hydroxyl groups is 1. The van der Waals surface area contributed by atoms with Crippen LogP contribution in [-0.4, -0.2) is 51.0 Å². The minimum absolute atomic E-state index is 0.0113. The van der Waals surface area contributed by atoms with Crippen LogP contribution in [0.5, 0.6) is 11.5 Å². The number of methoxy groups -OCH3 is 1. The summed E-state index contributed by atoms with van der Waals surface area (Å²) in [6.45, 7) is 4.85. The number of benzene rings is 2. The third kappa shape index (κ3) is 5.21. The van der Waals surface area contributed by atoms with Crippen LogP contribution in [0.15, 0.2) is 72.8 Å². The van der Waals surface area contributed by atoms with Gasteiger partial charge < -0.3 is 24.0 Å².